The molecule has 3 aromatic rings. The van der Waals surface area contributed by atoms with Gasteiger partial charge in [0, 0.05) is 36.0 Å². The molecule has 0 saturated heterocycles. The molecule has 1 aromatic heterocycles. The number of imidazole rings is 1. The van der Waals surface area contributed by atoms with Crippen LogP contribution in [-0.4, -0.2) is 47.5 Å². The molecule has 0 unspecified atom stereocenters. The number of hydrogen-bond acceptors (Lipinski definition) is 8. The maximum absolute atomic E-state index is 13.6. The third-order valence-corrected chi connectivity index (χ3v) is 7.49. The molecule has 3 aliphatic rings. The summed E-state index contributed by atoms with van der Waals surface area (Å²) in [6, 6.07) is 7.44. The summed E-state index contributed by atoms with van der Waals surface area (Å²) in [5.41, 5.74) is 1.85. The van der Waals surface area contributed by atoms with Gasteiger partial charge in [0.1, 0.15) is 34.5 Å². The highest BCUT2D eigenvalue weighted by Crippen LogP contribution is 2.53. The monoisotopic (exact) mass is 509 g/mol. The molecule has 2 atom stereocenters. The largest absolute Gasteiger partial charge is 0.496 e. The van der Waals surface area contributed by atoms with Gasteiger partial charge in [-0.1, -0.05) is 18.5 Å². The van der Waals surface area contributed by atoms with Gasteiger partial charge < -0.3 is 28.8 Å². The number of carbonyl (C=O) groups excluding carboxylic acids is 2. The lowest BCUT2D eigenvalue weighted by Crippen LogP contribution is -2.55. The fourth-order valence-electron chi connectivity index (χ4n) is 5.34. The lowest BCUT2D eigenvalue weighted by Gasteiger charge is -2.35. The predicted octanol–water partition coefficient (Wildman–Crippen LogP) is 4.16. The van der Waals surface area contributed by atoms with Crippen molar-refractivity contribution in [2.75, 3.05) is 26.1 Å². The van der Waals surface area contributed by atoms with Gasteiger partial charge >= 0.3 is 0 Å². The molecular weight excluding hydrogens is 486 g/mol. The van der Waals surface area contributed by atoms with Crippen molar-refractivity contribution in [3.8, 4) is 17.2 Å². The number of Topliss-reactive ketones (excluding diaryl/α,β-unsaturated/α-hetero) is 1. The molecule has 10 heteroatoms. The number of anilines is 1. The van der Waals surface area contributed by atoms with Crippen molar-refractivity contribution in [2.45, 2.75) is 32.1 Å². The zero-order chi connectivity index (χ0) is 25.2. The number of nitrogens with zero attached hydrogens (tertiary/aromatic N) is 2. The summed E-state index contributed by atoms with van der Waals surface area (Å²) < 4.78 is 24.5. The van der Waals surface area contributed by atoms with Crippen molar-refractivity contribution >= 4 is 39.9 Å². The fourth-order valence-corrected chi connectivity index (χ4v) is 5.60. The lowest BCUT2D eigenvalue weighted by molar-refractivity contribution is -0.129. The Labute approximate surface area is 211 Å². The molecule has 1 spiro atoms. The SMILES string of the molecule is COc1cc(OC)c2c(c1Cl)O[C@@]1(C(=O)C=C(Nc3ccc4c(c3)nc3n4CCOC3)C[C@H]1C)C2=O. The number of methoxy groups -OCH3 is 2. The molecule has 1 aliphatic carbocycles. The van der Waals surface area contributed by atoms with E-state index in [1.54, 1.807) is 0 Å². The van der Waals surface area contributed by atoms with Crippen molar-refractivity contribution in [3.63, 3.8) is 0 Å². The van der Waals surface area contributed by atoms with Crippen molar-refractivity contribution in [2.24, 2.45) is 5.92 Å². The zero-order valence-corrected chi connectivity index (χ0v) is 20.8. The minimum absolute atomic E-state index is 0.112. The van der Waals surface area contributed by atoms with Crippen LogP contribution in [0.2, 0.25) is 5.02 Å². The molecule has 2 aromatic carbocycles. The third-order valence-electron chi connectivity index (χ3n) is 7.13. The van der Waals surface area contributed by atoms with Gasteiger partial charge in [-0.15, -0.1) is 0 Å². The maximum Gasteiger partial charge on any atom is 0.236 e. The molecule has 0 amide bonds. The molecule has 0 fully saturated rings. The molecule has 0 bridgehead atoms. The van der Waals surface area contributed by atoms with Crippen LogP contribution in [0.25, 0.3) is 11.0 Å². The average Bonchev–Trinajstić information content (AvgIpc) is 3.39. The number of fused-ring (bicyclic) bond motifs is 4. The quantitative estimate of drug-likeness (QED) is 0.523. The van der Waals surface area contributed by atoms with E-state index in [9.17, 15) is 9.59 Å². The molecule has 186 valence electrons. The summed E-state index contributed by atoms with van der Waals surface area (Å²) >= 11 is 6.46. The van der Waals surface area contributed by atoms with Gasteiger partial charge in [-0.2, -0.15) is 0 Å². The van der Waals surface area contributed by atoms with Gasteiger partial charge in [-0.3, -0.25) is 9.59 Å². The van der Waals surface area contributed by atoms with E-state index in [1.165, 1.54) is 26.4 Å². The maximum atomic E-state index is 13.6. The van der Waals surface area contributed by atoms with E-state index in [4.69, 9.17) is 30.5 Å². The number of halogens is 1. The topological polar surface area (TPSA) is 101 Å². The first kappa shape index (κ1) is 22.9. The summed E-state index contributed by atoms with van der Waals surface area (Å²) in [6.07, 6.45) is 1.85. The minimum atomic E-state index is -1.70. The van der Waals surface area contributed by atoms with E-state index in [-0.39, 0.29) is 22.1 Å². The number of hydrogen-bond donors (Lipinski definition) is 1. The first-order chi connectivity index (χ1) is 17.4. The first-order valence-corrected chi connectivity index (χ1v) is 12.0. The Morgan fingerprint density at radius 3 is 2.75 bits per heavy atom. The van der Waals surface area contributed by atoms with Crippen LogP contribution < -0.4 is 19.5 Å². The van der Waals surface area contributed by atoms with Gasteiger partial charge in [-0.05, 0) is 24.6 Å². The van der Waals surface area contributed by atoms with E-state index in [0.717, 1.165) is 29.1 Å². The standard InChI is InChI=1S/C26H24ClN3O6/c1-13-8-15(28-14-4-5-17-16(9-14)29-21-12-35-7-6-30(17)21)10-20(31)26(13)25(32)22-18(33-2)11-19(34-3)23(27)24(22)36-26/h4-5,9-11,13,28H,6-8,12H2,1-3H3/t13-,26+/m1/s1. The van der Waals surface area contributed by atoms with Crippen molar-refractivity contribution in [3.05, 3.63) is 52.4 Å². The predicted molar refractivity (Wildman–Crippen MR) is 132 cm³/mol. The molecule has 3 heterocycles. The van der Waals surface area contributed by atoms with Gasteiger partial charge in [0.2, 0.25) is 17.2 Å². The van der Waals surface area contributed by atoms with Crippen molar-refractivity contribution < 1.29 is 28.5 Å². The second-order valence-corrected chi connectivity index (χ2v) is 9.54. The van der Waals surface area contributed by atoms with Gasteiger partial charge in [0.05, 0.1) is 31.9 Å². The van der Waals surface area contributed by atoms with Crippen LogP contribution in [-0.2, 0) is 22.7 Å². The number of aromatic nitrogens is 2. The Bertz CT molecular complexity index is 1480. The molecule has 36 heavy (non-hydrogen) atoms. The summed E-state index contributed by atoms with van der Waals surface area (Å²) in [5.74, 6) is 0.192. The van der Waals surface area contributed by atoms with E-state index in [0.29, 0.717) is 31.1 Å². The highest BCUT2D eigenvalue weighted by molar-refractivity contribution is 6.36. The van der Waals surface area contributed by atoms with Crippen LogP contribution in [0.3, 0.4) is 0 Å². The molecule has 0 saturated carbocycles. The highest BCUT2D eigenvalue weighted by Gasteiger charge is 2.60. The molecule has 6 rings (SSSR count). The van der Waals surface area contributed by atoms with E-state index < -0.39 is 23.1 Å². The summed E-state index contributed by atoms with van der Waals surface area (Å²) in [6.45, 7) is 3.75. The summed E-state index contributed by atoms with van der Waals surface area (Å²) in [4.78, 5) is 31.8. The molecule has 2 aliphatic heterocycles. The van der Waals surface area contributed by atoms with Crippen LogP contribution in [0.5, 0.6) is 17.2 Å². The smallest absolute Gasteiger partial charge is 0.236 e. The number of benzene rings is 2. The molecular formula is C26H24ClN3O6. The number of ketones is 2. The number of carbonyl (C=O) groups is 2. The van der Waals surface area contributed by atoms with Crippen LogP contribution in [0.15, 0.2) is 36.0 Å². The summed E-state index contributed by atoms with van der Waals surface area (Å²) in [5, 5.41) is 3.46. The van der Waals surface area contributed by atoms with Gasteiger partial charge in [-0.25, -0.2) is 4.98 Å². The average molecular weight is 510 g/mol. The van der Waals surface area contributed by atoms with Gasteiger partial charge in [0.15, 0.2) is 5.75 Å². The number of nitrogens with one attached hydrogen (secondary N) is 1. The molecule has 1 N–H and O–H groups in total. The third kappa shape index (κ3) is 3.16. The van der Waals surface area contributed by atoms with E-state index in [2.05, 4.69) is 14.9 Å². The second kappa shape index (κ2) is 8.25. The molecule has 9 nitrogen and oxygen atoms in total. The lowest BCUT2D eigenvalue weighted by atomic mass is 9.74. The van der Waals surface area contributed by atoms with Crippen LogP contribution in [0, 0.1) is 5.92 Å². The van der Waals surface area contributed by atoms with E-state index >= 15 is 0 Å². The molecule has 0 radical (unpaired) electrons. The Morgan fingerprint density at radius 2 is 2.00 bits per heavy atom. The second-order valence-electron chi connectivity index (χ2n) is 9.17. The number of ether oxygens (including phenoxy) is 4. The van der Waals surface area contributed by atoms with Crippen LogP contribution >= 0.6 is 11.6 Å². The van der Waals surface area contributed by atoms with Crippen LogP contribution in [0.1, 0.15) is 29.5 Å². The van der Waals surface area contributed by atoms with Crippen molar-refractivity contribution in [1.29, 1.82) is 0 Å². The Balaban J connectivity index is 1.32. The normalized spacial score (nSPS) is 22.8. The highest BCUT2D eigenvalue weighted by atomic mass is 35.5. The first-order valence-electron chi connectivity index (χ1n) is 11.6. The van der Waals surface area contributed by atoms with Crippen LogP contribution in [0.4, 0.5) is 5.69 Å². The van der Waals surface area contributed by atoms with Crippen molar-refractivity contribution in [1.82, 2.24) is 9.55 Å². The summed E-state index contributed by atoms with van der Waals surface area (Å²) in [7, 11) is 2.90. The zero-order valence-electron chi connectivity index (χ0n) is 20.0. The Hall–Kier alpha value is -3.56. The fraction of sp³-hybridized carbons (Fsp3) is 0.346. The number of allylic oxidation sites excluding steroid dienone is 1. The minimum Gasteiger partial charge on any atom is -0.496 e. The Kier molecular flexibility index (Phi) is 5.24. The van der Waals surface area contributed by atoms with E-state index in [1.807, 2.05) is 25.1 Å². The number of rotatable bonds is 4. The van der Waals surface area contributed by atoms with Gasteiger partial charge in [0.25, 0.3) is 0 Å². The Morgan fingerprint density at radius 1 is 1.19 bits per heavy atom.